The minimum Gasteiger partial charge on any atom is -0.347 e. The van der Waals surface area contributed by atoms with Crippen molar-refractivity contribution in [1.82, 2.24) is 9.88 Å². The van der Waals surface area contributed by atoms with Gasteiger partial charge in [0.15, 0.2) is 23.2 Å². The molecule has 4 rings (SSSR count). The molecule has 1 amide bonds. The molecule has 6 nitrogen and oxygen atoms in total. The number of amides is 1. The highest BCUT2D eigenvalue weighted by Gasteiger charge is 2.40. The fourth-order valence-electron chi connectivity index (χ4n) is 3.37. The standard InChI is InChI=1S/C19H18F3N3O3/c20-13-2-3-14(17(22)16(13)21)24-15-4-1-12(11-23-15)18(26)25-7-5-19(6-8-25)27-9-10-28-19/h1-4,11H,5-10H2,(H,23,24). The molecule has 1 aromatic carbocycles. The molecule has 0 saturated carbocycles. The van der Waals surface area contributed by atoms with Crippen LogP contribution in [-0.4, -0.2) is 47.9 Å². The number of likely N-dealkylation sites (tertiary alicyclic amines) is 1. The summed E-state index contributed by atoms with van der Waals surface area (Å²) in [6.07, 6.45) is 2.58. The monoisotopic (exact) mass is 393 g/mol. The number of anilines is 2. The van der Waals surface area contributed by atoms with Gasteiger partial charge >= 0.3 is 0 Å². The Morgan fingerprint density at radius 3 is 2.39 bits per heavy atom. The molecule has 2 aromatic rings. The van der Waals surface area contributed by atoms with Gasteiger partial charge in [-0.1, -0.05) is 0 Å². The van der Waals surface area contributed by atoms with Gasteiger partial charge in [0, 0.05) is 32.1 Å². The van der Waals surface area contributed by atoms with Gasteiger partial charge < -0.3 is 19.7 Å². The van der Waals surface area contributed by atoms with Crippen molar-refractivity contribution in [1.29, 1.82) is 0 Å². The van der Waals surface area contributed by atoms with Gasteiger partial charge in [-0.2, -0.15) is 0 Å². The van der Waals surface area contributed by atoms with Crippen LogP contribution in [0, 0.1) is 17.5 Å². The van der Waals surface area contributed by atoms with Gasteiger partial charge in [-0.05, 0) is 24.3 Å². The van der Waals surface area contributed by atoms with E-state index < -0.39 is 23.2 Å². The van der Waals surface area contributed by atoms with E-state index in [4.69, 9.17) is 9.47 Å². The Kier molecular flexibility index (Phi) is 4.94. The fraction of sp³-hybridized carbons (Fsp3) is 0.368. The van der Waals surface area contributed by atoms with Crippen LogP contribution in [0.25, 0.3) is 0 Å². The van der Waals surface area contributed by atoms with E-state index in [2.05, 4.69) is 10.3 Å². The predicted octanol–water partition coefficient (Wildman–Crippen LogP) is 3.22. The number of carbonyl (C=O) groups excluding carboxylic acids is 1. The topological polar surface area (TPSA) is 63.7 Å². The Labute approximate surface area is 159 Å². The third kappa shape index (κ3) is 3.55. The molecule has 148 valence electrons. The van der Waals surface area contributed by atoms with Crippen LogP contribution in [0.5, 0.6) is 0 Å². The fourth-order valence-corrected chi connectivity index (χ4v) is 3.37. The summed E-state index contributed by atoms with van der Waals surface area (Å²) in [5.41, 5.74) is 0.129. The van der Waals surface area contributed by atoms with E-state index in [0.717, 1.165) is 12.1 Å². The summed E-state index contributed by atoms with van der Waals surface area (Å²) in [6, 6.07) is 4.91. The van der Waals surface area contributed by atoms with Crippen molar-refractivity contribution >= 4 is 17.4 Å². The number of nitrogens with one attached hydrogen (secondary N) is 1. The van der Waals surface area contributed by atoms with Crippen LogP contribution in [0.15, 0.2) is 30.5 Å². The van der Waals surface area contributed by atoms with Crippen molar-refractivity contribution in [3.8, 4) is 0 Å². The van der Waals surface area contributed by atoms with Crippen molar-refractivity contribution in [3.63, 3.8) is 0 Å². The Bertz CT molecular complexity index is 876. The normalized spacial score (nSPS) is 18.5. The molecule has 0 aliphatic carbocycles. The van der Waals surface area contributed by atoms with Crippen LogP contribution in [0.2, 0.25) is 0 Å². The lowest BCUT2D eigenvalue weighted by atomic mass is 10.0. The molecule has 0 bridgehead atoms. The number of nitrogens with zero attached hydrogens (tertiary/aromatic N) is 2. The molecule has 1 spiro atoms. The van der Waals surface area contributed by atoms with Crippen molar-refractivity contribution in [2.24, 2.45) is 0 Å². The van der Waals surface area contributed by atoms with Crippen LogP contribution in [0.4, 0.5) is 24.7 Å². The molecule has 2 aliphatic rings. The van der Waals surface area contributed by atoms with Crippen LogP contribution in [0.3, 0.4) is 0 Å². The number of aromatic nitrogens is 1. The number of benzene rings is 1. The molecule has 0 radical (unpaired) electrons. The summed E-state index contributed by atoms with van der Waals surface area (Å²) in [5.74, 6) is -4.70. The van der Waals surface area contributed by atoms with Crippen LogP contribution >= 0.6 is 0 Å². The zero-order valence-corrected chi connectivity index (χ0v) is 14.9. The summed E-state index contributed by atoms with van der Waals surface area (Å²) in [7, 11) is 0. The number of hydrogen-bond donors (Lipinski definition) is 1. The number of ether oxygens (including phenoxy) is 2. The average Bonchev–Trinajstić information content (AvgIpc) is 3.17. The van der Waals surface area contributed by atoms with E-state index in [-0.39, 0.29) is 17.4 Å². The number of halogens is 3. The largest absolute Gasteiger partial charge is 0.347 e. The zero-order chi connectivity index (χ0) is 19.7. The first-order valence-corrected chi connectivity index (χ1v) is 8.91. The second kappa shape index (κ2) is 7.40. The summed E-state index contributed by atoms with van der Waals surface area (Å²) in [5, 5.41) is 2.57. The Morgan fingerprint density at radius 1 is 1.04 bits per heavy atom. The third-order valence-electron chi connectivity index (χ3n) is 4.93. The zero-order valence-electron chi connectivity index (χ0n) is 14.9. The summed E-state index contributed by atoms with van der Waals surface area (Å²) in [6.45, 7) is 2.17. The predicted molar refractivity (Wildman–Crippen MR) is 93.6 cm³/mol. The Morgan fingerprint density at radius 2 is 1.75 bits per heavy atom. The van der Waals surface area contributed by atoms with Gasteiger partial charge in [-0.25, -0.2) is 18.2 Å². The highest BCUT2D eigenvalue weighted by molar-refractivity contribution is 5.94. The lowest BCUT2D eigenvalue weighted by Gasteiger charge is -2.37. The molecule has 9 heteroatoms. The number of piperidine rings is 1. The Hall–Kier alpha value is -2.65. The van der Waals surface area contributed by atoms with Gasteiger partial charge in [-0.3, -0.25) is 4.79 Å². The van der Waals surface area contributed by atoms with Crippen LogP contribution in [-0.2, 0) is 9.47 Å². The molecule has 1 N–H and O–H groups in total. The molecular weight excluding hydrogens is 375 g/mol. The second-order valence-electron chi connectivity index (χ2n) is 6.68. The van der Waals surface area contributed by atoms with E-state index >= 15 is 0 Å². The van der Waals surface area contributed by atoms with Crippen molar-refractivity contribution in [3.05, 3.63) is 53.5 Å². The molecule has 0 atom stereocenters. The number of hydrogen-bond acceptors (Lipinski definition) is 5. The SMILES string of the molecule is O=C(c1ccc(Nc2ccc(F)c(F)c2F)nc1)N1CCC2(CC1)OCCO2. The summed E-state index contributed by atoms with van der Waals surface area (Å²) >= 11 is 0. The Balaban J connectivity index is 1.40. The highest BCUT2D eigenvalue weighted by Crippen LogP contribution is 2.31. The minimum atomic E-state index is -1.56. The summed E-state index contributed by atoms with van der Waals surface area (Å²) in [4.78, 5) is 18.4. The lowest BCUT2D eigenvalue weighted by Crippen LogP contribution is -2.47. The van der Waals surface area contributed by atoms with Gasteiger partial charge in [-0.15, -0.1) is 0 Å². The van der Waals surface area contributed by atoms with Crippen LogP contribution in [0.1, 0.15) is 23.2 Å². The minimum absolute atomic E-state index is 0.175. The van der Waals surface area contributed by atoms with Gasteiger partial charge in [0.2, 0.25) is 0 Å². The number of rotatable bonds is 3. The number of carbonyl (C=O) groups is 1. The smallest absolute Gasteiger partial charge is 0.255 e. The van der Waals surface area contributed by atoms with E-state index in [1.54, 1.807) is 11.0 Å². The second-order valence-corrected chi connectivity index (χ2v) is 6.68. The third-order valence-corrected chi connectivity index (χ3v) is 4.93. The van der Waals surface area contributed by atoms with E-state index in [1.165, 1.54) is 12.3 Å². The molecule has 3 heterocycles. The molecule has 2 fully saturated rings. The highest BCUT2D eigenvalue weighted by atomic mass is 19.2. The van der Waals surface area contributed by atoms with E-state index in [1.807, 2.05) is 0 Å². The number of pyridine rings is 1. The van der Waals surface area contributed by atoms with Crippen molar-refractivity contribution in [2.75, 3.05) is 31.6 Å². The van der Waals surface area contributed by atoms with E-state index in [0.29, 0.717) is 44.7 Å². The maximum atomic E-state index is 13.7. The van der Waals surface area contributed by atoms with Crippen molar-refractivity contribution < 1.29 is 27.4 Å². The van der Waals surface area contributed by atoms with E-state index in [9.17, 15) is 18.0 Å². The molecule has 2 saturated heterocycles. The molecular formula is C19H18F3N3O3. The molecule has 1 aromatic heterocycles. The van der Waals surface area contributed by atoms with Gasteiger partial charge in [0.25, 0.3) is 5.91 Å². The first-order valence-electron chi connectivity index (χ1n) is 8.91. The summed E-state index contributed by atoms with van der Waals surface area (Å²) < 4.78 is 51.3. The first kappa shape index (κ1) is 18.7. The van der Waals surface area contributed by atoms with Crippen molar-refractivity contribution in [2.45, 2.75) is 18.6 Å². The lowest BCUT2D eigenvalue weighted by molar-refractivity contribution is -0.181. The molecule has 2 aliphatic heterocycles. The molecule has 0 unspecified atom stereocenters. The maximum absolute atomic E-state index is 13.7. The van der Waals surface area contributed by atoms with Gasteiger partial charge in [0.1, 0.15) is 5.82 Å². The quantitative estimate of drug-likeness (QED) is 0.812. The maximum Gasteiger partial charge on any atom is 0.255 e. The first-order chi connectivity index (χ1) is 13.5. The average molecular weight is 393 g/mol. The van der Waals surface area contributed by atoms with Gasteiger partial charge in [0.05, 0.1) is 24.5 Å². The molecule has 28 heavy (non-hydrogen) atoms. The van der Waals surface area contributed by atoms with Crippen LogP contribution < -0.4 is 5.32 Å².